The molecule has 0 aromatic heterocycles. The lowest BCUT2D eigenvalue weighted by molar-refractivity contribution is -0.00834. The SMILES string of the molecule is C[C@@H]1CN([C@@H](C)CO)C(=O)c2cc(NC(=O)c3ccccc3)ccc2O[C@@H](C)CCCCO[C@@H]1CN(C)S(=O)(=O)c1ccccc1. The number of sulfonamides is 1. The molecule has 0 unspecified atom stereocenters. The van der Waals surface area contributed by atoms with Crippen molar-refractivity contribution < 1.29 is 32.6 Å². The molecule has 1 aliphatic heterocycles. The molecule has 4 rings (SSSR count). The van der Waals surface area contributed by atoms with E-state index in [2.05, 4.69) is 5.32 Å². The summed E-state index contributed by atoms with van der Waals surface area (Å²) < 4.78 is 40.6. The third-order valence-electron chi connectivity index (χ3n) is 8.23. The Labute approximate surface area is 272 Å². The number of hydrogen-bond acceptors (Lipinski definition) is 7. The zero-order chi connectivity index (χ0) is 33.3. The van der Waals surface area contributed by atoms with E-state index in [1.807, 2.05) is 19.9 Å². The Kier molecular flexibility index (Phi) is 12.3. The first-order chi connectivity index (χ1) is 22.0. The summed E-state index contributed by atoms with van der Waals surface area (Å²) in [6.45, 7) is 6.00. The predicted molar refractivity (Wildman–Crippen MR) is 178 cm³/mol. The Balaban J connectivity index is 1.65. The molecule has 46 heavy (non-hydrogen) atoms. The smallest absolute Gasteiger partial charge is 0.258 e. The standard InChI is InChI=1S/C35H45N3O7S/c1-25-22-38(26(2)24-39)35(41)31-21-29(36-34(40)28-14-7-5-8-15-28)18-19-32(31)45-27(3)13-11-12-20-44-33(25)23-37(4)46(42,43)30-16-9-6-10-17-30/h5-10,14-19,21,25-27,33,39H,11-13,20,22-24H2,1-4H3,(H,36,40)/t25-,26+,27+,33-/m1/s1. The molecule has 2 amide bonds. The molecule has 0 saturated heterocycles. The molecule has 1 heterocycles. The zero-order valence-corrected chi connectivity index (χ0v) is 27.8. The molecule has 11 heteroatoms. The van der Waals surface area contributed by atoms with Crippen molar-refractivity contribution in [3.8, 4) is 5.75 Å². The number of carbonyl (C=O) groups is 2. The van der Waals surface area contributed by atoms with E-state index in [0.717, 1.165) is 12.8 Å². The highest BCUT2D eigenvalue weighted by Gasteiger charge is 2.32. The molecule has 1 aliphatic rings. The van der Waals surface area contributed by atoms with Crippen LogP contribution in [0, 0.1) is 5.92 Å². The number of fused-ring (bicyclic) bond motifs is 1. The average molecular weight is 652 g/mol. The Morgan fingerprint density at radius 2 is 1.72 bits per heavy atom. The van der Waals surface area contributed by atoms with Crippen LogP contribution in [0.25, 0.3) is 0 Å². The molecule has 0 bridgehead atoms. The average Bonchev–Trinajstić information content (AvgIpc) is 3.06. The van der Waals surface area contributed by atoms with Crippen molar-refractivity contribution in [3.05, 3.63) is 90.0 Å². The Morgan fingerprint density at radius 3 is 2.39 bits per heavy atom. The molecule has 0 fully saturated rings. The quantitative estimate of drug-likeness (QED) is 0.349. The van der Waals surface area contributed by atoms with Crippen molar-refractivity contribution in [2.75, 3.05) is 38.7 Å². The van der Waals surface area contributed by atoms with Crippen LogP contribution in [0.15, 0.2) is 83.8 Å². The van der Waals surface area contributed by atoms with E-state index in [9.17, 15) is 23.1 Å². The van der Waals surface area contributed by atoms with Gasteiger partial charge in [-0.15, -0.1) is 0 Å². The summed E-state index contributed by atoms with van der Waals surface area (Å²) in [4.78, 5) is 29.0. The molecular formula is C35H45N3O7S. The summed E-state index contributed by atoms with van der Waals surface area (Å²) in [7, 11) is -2.24. The summed E-state index contributed by atoms with van der Waals surface area (Å²) in [6.07, 6.45) is 1.53. The normalized spacial score (nSPS) is 20.7. The molecule has 0 aliphatic carbocycles. The molecule has 3 aromatic carbocycles. The lowest BCUT2D eigenvalue weighted by atomic mass is 10.0. The highest BCUT2D eigenvalue weighted by atomic mass is 32.2. The van der Waals surface area contributed by atoms with Crippen molar-refractivity contribution >= 4 is 27.5 Å². The lowest BCUT2D eigenvalue weighted by Gasteiger charge is -2.35. The molecular weight excluding hydrogens is 606 g/mol. The molecule has 0 saturated carbocycles. The summed E-state index contributed by atoms with van der Waals surface area (Å²) in [5, 5.41) is 13.1. The van der Waals surface area contributed by atoms with E-state index in [4.69, 9.17) is 9.47 Å². The van der Waals surface area contributed by atoms with Gasteiger partial charge in [-0.25, -0.2) is 8.42 Å². The van der Waals surface area contributed by atoms with Crippen LogP contribution in [-0.2, 0) is 14.8 Å². The van der Waals surface area contributed by atoms with E-state index in [1.165, 1.54) is 11.4 Å². The van der Waals surface area contributed by atoms with Gasteiger partial charge in [0, 0.05) is 43.9 Å². The van der Waals surface area contributed by atoms with E-state index < -0.39 is 22.2 Å². The maximum Gasteiger partial charge on any atom is 0.258 e. The molecule has 10 nitrogen and oxygen atoms in total. The topological polar surface area (TPSA) is 125 Å². The third kappa shape index (κ3) is 8.94. The third-order valence-corrected chi connectivity index (χ3v) is 10.1. The minimum Gasteiger partial charge on any atom is -0.490 e. The van der Waals surface area contributed by atoms with E-state index in [1.54, 1.807) is 84.6 Å². The number of ether oxygens (including phenoxy) is 2. The van der Waals surface area contributed by atoms with Gasteiger partial charge in [0.2, 0.25) is 10.0 Å². The summed E-state index contributed by atoms with van der Waals surface area (Å²) in [5.41, 5.74) is 1.16. The number of aliphatic hydroxyl groups is 1. The van der Waals surface area contributed by atoms with Crippen molar-refractivity contribution in [2.24, 2.45) is 5.92 Å². The van der Waals surface area contributed by atoms with Crippen molar-refractivity contribution in [1.29, 1.82) is 0 Å². The maximum absolute atomic E-state index is 14.3. The van der Waals surface area contributed by atoms with Crippen LogP contribution >= 0.6 is 0 Å². The predicted octanol–water partition coefficient (Wildman–Crippen LogP) is 5.06. The van der Waals surface area contributed by atoms with Crippen LogP contribution in [0.4, 0.5) is 5.69 Å². The largest absolute Gasteiger partial charge is 0.490 e. The van der Waals surface area contributed by atoms with Crippen molar-refractivity contribution in [3.63, 3.8) is 0 Å². The summed E-state index contributed by atoms with van der Waals surface area (Å²) in [6, 6.07) is 21.5. The number of hydrogen-bond donors (Lipinski definition) is 2. The first-order valence-electron chi connectivity index (χ1n) is 15.7. The summed E-state index contributed by atoms with van der Waals surface area (Å²) >= 11 is 0. The van der Waals surface area contributed by atoms with Crippen LogP contribution in [0.1, 0.15) is 60.7 Å². The second-order valence-electron chi connectivity index (χ2n) is 11.9. The minimum absolute atomic E-state index is 0.0830. The van der Waals surface area contributed by atoms with Gasteiger partial charge in [0.05, 0.1) is 35.3 Å². The number of likely N-dealkylation sites (N-methyl/N-ethyl adjacent to an activating group) is 1. The number of rotatable bonds is 8. The maximum atomic E-state index is 14.3. The minimum atomic E-state index is -3.77. The van der Waals surface area contributed by atoms with E-state index >= 15 is 0 Å². The van der Waals surface area contributed by atoms with Crippen molar-refractivity contribution in [1.82, 2.24) is 9.21 Å². The van der Waals surface area contributed by atoms with Gasteiger partial charge in [0.15, 0.2) is 0 Å². The highest BCUT2D eigenvalue weighted by Crippen LogP contribution is 2.29. The molecule has 0 spiro atoms. The first-order valence-corrected chi connectivity index (χ1v) is 17.2. The Bertz CT molecular complexity index is 1550. The monoisotopic (exact) mass is 651 g/mol. The fourth-order valence-corrected chi connectivity index (χ4v) is 6.58. The van der Waals surface area contributed by atoms with Gasteiger partial charge in [0.25, 0.3) is 11.8 Å². The summed E-state index contributed by atoms with van der Waals surface area (Å²) in [5.74, 6) is -0.616. The highest BCUT2D eigenvalue weighted by molar-refractivity contribution is 7.89. The van der Waals surface area contributed by atoms with Gasteiger partial charge in [-0.1, -0.05) is 43.3 Å². The van der Waals surface area contributed by atoms with Crippen LogP contribution in [0.2, 0.25) is 0 Å². The molecule has 4 atom stereocenters. The number of nitrogens with one attached hydrogen (secondary N) is 1. The first kappa shape index (κ1) is 35.1. The molecule has 3 aromatic rings. The molecule has 2 N–H and O–H groups in total. The number of anilines is 1. The van der Waals surface area contributed by atoms with Crippen molar-refractivity contribution in [2.45, 2.75) is 63.2 Å². The Hall–Kier alpha value is -3.77. The zero-order valence-electron chi connectivity index (χ0n) is 27.0. The van der Waals surface area contributed by atoms with Crippen LogP contribution in [0.3, 0.4) is 0 Å². The van der Waals surface area contributed by atoms with Gasteiger partial charge in [-0.05, 0) is 75.6 Å². The number of carbonyl (C=O) groups excluding carboxylic acids is 2. The lowest BCUT2D eigenvalue weighted by Crippen LogP contribution is -2.48. The number of benzene rings is 3. The van der Waals surface area contributed by atoms with Crippen LogP contribution in [0.5, 0.6) is 5.75 Å². The number of aliphatic hydroxyl groups excluding tert-OH is 1. The number of nitrogens with zero attached hydrogens (tertiary/aromatic N) is 2. The van der Waals surface area contributed by atoms with Gasteiger partial charge in [-0.3, -0.25) is 9.59 Å². The van der Waals surface area contributed by atoms with E-state index in [0.29, 0.717) is 30.0 Å². The second-order valence-corrected chi connectivity index (χ2v) is 14.0. The molecule has 248 valence electrons. The number of amides is 2. The van der Waals surface area contributed by atoms with Gasteiger partial charge < -0.3 is 24.8 Å². The van der Waals surface area contributed by atoms with E-state index in [-0.39, 0.29) is 54.0 Å². The fraction of sp³-hybridized carbons (Fsp3) is 0.429. The Morgan fingerprint density at radius 1 is 1.04 bits per heavy atom. The fourth-order valence-electron chi connectivity index (χ4n) is 5.38. The van der Waals surface area contributed by atoms with Gasteiger partial charge in [0.1, 0.15) is 5.75 Å². The van der Waals surface area contributed by atoms with Crippen LogP contribution < -0.4 is 10.1 Å². The second kappa shape index (κ2) is 16.2. The van der Waals surface area contributed by atoms with Crippen LogP contribution in [-0.4, -0.2) is 86.1 Å². The van der Waals surface area contributed by atoms with Gasteiger partial charge in [-0.2, -0.15) is 4.31 Å². The van der Waals surface area contributed by atoms with Gasteiger partial charge >= 0.3 is 0 Å². The molecule has 0 radical (unpaired) electrons.